The van der Waals surface area contributed by atoms with Gasteiger partial charge in [-0.2, -0.15) is 0 Å². The standard InChI is InChI=1S/C11H24N2/c1-3-6-11-7-4-5-8-13(11)10(2)9-12/h10-11H,3-9,12H2,1-2H3. The molecule has 1 fully saturated rings. The lowest BCUT2D eigenvalue weighted by Crippen LogP contribution is -2.47. The fourth-order valence-corrected chi connectivity index (χ4v) is 2.38. The summed E-state index contributed by atoms with van der Waals surface area (Å²) in [5.74, 6) is 0. The van der Waals surface area contributed by atoms with Gasteiger partial charge in [-0.15, -0.1) is 0 Å². The lowest BCUT2D eigenvalue weighted by molar-refractivity contribution is 0.1000. The maximum atomic E-state index is 5.72. The Hall–Kier alpha value is -0.0800. The first-order valence-corrected chi connectivity index (χ1v) is 5.75. The van der Waals surface area contributed by atoms with Crippen molar-refractivity contribution in [2.45, 2.75) is 58.0 Å². The fourth-order valence-electron chi connectivity index (χ4n) is 2.38. The molecule has 0 saturated carbocycles. The Labute approximate surface area is 82.5 Å². The maximum absolute atomic E-state index is 5.72. The largest absolute Gasteiger partial charge is 0.329 e. The average molecular weight is 184 g/mol. The number of piperidine rings is 1. The molecule has 0 aromatic rings. The van der Waals surface area contributed by atoms with Crippen molar-refractivity contribution in [1.82, 2.24) is 4.90 Å². The highest BCUT2D eigenvalue weighted by atomic mass is 15.2. The summed E-state index contributed by atoms with van der Waals surface area (Å²) < 4.78 is 0. The molecule has 0 bridgehead atoms. The van der Waals surface area contributed by atoms with Crippen LogP contribution < -0.4 is 5.73 Å². The summed E-state index contributed by atoms with van der Waals surface area (Å²) in [6, 6.07) is 1.40. The molecule has 2 unspecified atom stereocenters. The number of nitrogens with zero attached hydrogens (tertiary/aromatic N) is 1. The monoisotopic (exact) mass is 184 g/mol. The van der Waals surface area contributed by atoms with Crippen molar-refractivity contribution in [3.8, 4) is 0 Å². The number of hydrogen-bond acceptors (Lipinski definition) is 2. The van der Waals surface area contributed by atoms with Crippen LogP contribution in [0.15, 0.2) is 0 Å². The Balaban J connectivity index is 2.45. The summed E-state index contributed by atoms with van der Waals surface area (Å²) in [5, 5.41) is 0. The lowest BCUT2D eigenvalue weighted by atomic mass is 9.96. The van der Waals surface area contributed by atoms with Crippen LogP contribution >= 0.6 is 0 Å². The Kier molecular flexibility index (Phi) is 4.74. The Morgan fingerprint density at radius 2 is 2.23 bits per heavy atom. The van der Waals surface area contributed by atoms with Crippen molar-refractivity contribution in [2.24, 2.45) is 5.73 Å². The van der Waals surface area contributed by atoms with Gasteiger partial charge in [0.2, 0.25) is 0 Å². The second-order valence-electron chi connectivity index (χ2n) is 4.26. The smallest absolute Gasteiger partial charge is 0.0193 e. The van der Waals surface area contributed by atoms with Crippen LogP contribution in [-0.4, -0.2) is 30.1 Å². The SMILES string of the molecule is CCCC1CCCCN1C(C)CN. The second kappa shape index (κ2) is 5.61. The molecule has 2 atom stereocenters. The quantitative estimate of drug-likeness (QED) is 0.724. The third-order valence-corrected chi connectivity index (χ3v) is 3.20. The molecule has 1 rings (SSSR count). The Bertz CT molecular complexity index is 134. The van der Waals surface area contributed by atoms with Crippen LogP contribution in [0.1, 0.15) is 46.0 Å². The van der Waals surface area contributed by atoms with Gasteiger partial charge in [-0.3, -0.25) is 4.90 Å². The first-order valence-electron chi connectivity index (χ1n) is 5.75. The van der Waals surface area contributed by atoms with Gasteiger partial charge in [0.25, 0.3) is 0 Å². The van der Waals surface area contributed by atoms with E-state index in [4.69, 9.17) is 5.73 Å². The predicted octanol–water partition coefficient (Wildman–Crippen LogP) is 1.99. The number of hydrogen-bond donors (Lipinski definition) is 1. The molecule has 0 radical (unpaired) electrons. The van der Waals surface area contributed by atoms with E-state index >= 15 is 0 Å². The van der Waals surface area contributed by atoms with Crippen molar-refractivity contribution in [3.05, 3.63) is 0 Å². The van der Waals surface area contributed by atoms with E-state index < -0.39 is 0 Å². The minimum absolute atomic E-state index is 0.580. The van der Waals surface area contributed by atoms with E-state index in [1.807, 2.05) is 0 Å². The Morgan fingerprint density at radius 3 is 2.85 bits per heavy atom. The zero-order valence-corrected chi connectivity index (χ0v) is 9.13. The van der Waals surface area contributed by atoms with E-state index in [0.717, 1.165) is 12.6 Å². The van der Waals surface area contributed by atoms with Crippen LogP contribution in [0.5, 0.6) is 0 Å². The van der Waals surface area contributed by atoms with Crippen molar-refractivity contribution in [3.63, 3.8) is 0 Å². The summed E-state index contributed by atoms with van der Waals surface area (Å²) in [5.41, 5.74) is 5.72. The summed E-state index contributed by atoms with van der Waals surface area (Å²) in [4.78, 5) is 2.62. The van der Waals surface area contributed by atoms with Gasteiger partial charge in [-0.25, -0.2) is 0 Å². The molecule has 0 aromatic carbocycles. The van der Waals surface area contributed by atoms with Gasteiger partial charge in [0.15, 0.2) is 0 Å². The van der Waals surface area contributed by atoms with E-state index in [0.29, 0.717) is 6.04 Å². The van der Waals surface area contributed by atoms with E-state index in [2.05, 4.69) is 18.7 Å². The molecule has 1 aliphatic heterocycles. The van der Waals surface area contributed by atoms with Crippen LogP contribution in [0, 0.1) is 0 Å². The lowest BCUT2D eigenvalue weighted by Gasteiger charge is -2.39. The van der Waals surface area contributed by atoms with Crippen LogP contribution in [0.3, 0.4) is 0 Å². The number of nitrogens with two attached hydrogens (primary N) is 1. The molecule has 2 N–H and O–H groups in total. The fraction of sp³-hybridized carbons (Fsp3) is 1.00. The topological polar surface area (TPSA) is 29.3 Å². The van der Waals surface area contributed by atoms with Crippen LogP contribution in [0.4, 0.5) is 0 Å². The highest BCUT2D eigenvalue weighted by Gasteiger charge is 2.24. The van der Waals surface area contributed by atoms with Gasteiger partial charge in [0.1, 0.15) is 0 Å². The minimum Gasteiger partial charge on any atom is -0.329 e. The van der Waals surface area contributed by atoms with E-state index in [9.17, 15) is 0 Å². The molecule has 1 heterocycles. The van der Waals surface area contributed by atoms with Crippen LogP contribution in [0.2, 0.25) is 0 Å². The summed E-state index contributed by atoms with van der Waals surface area (Å²) >= 11 is 0. The highest BCUT2D eigenvalue weighted by molar-refractivity contribution is 4.80. The van der Waals surface area contributed by atoms with Crippen LogP contribution in [-0.2, 0) is 0 Å². The maximum Gasteiger partial charge on any atom is 0.0193 e. The molecular formula is C11H24N2. The van der Waals surface area contributed by atoms with Gasteiger partial charge < -0.3 is 5.73 Å². The molecule has 2 nitrogen and oxygen atoms in total. The molecule has 0 aliphatic carbocycles. The number of likely N-dealkylation sites (tertiary alicyclic amines) is 1. The van der Waals surface area contributed by atoms with Gasteiger partial charge >= 0.3 is 0 Å². The predicted molar refractivity (Wildman–Crippen MR) is 57.8 cm³/mol. The molecule has 0 aromatic heterocycles. The second-order valence-corrected chi connectivity index (χ2v) is 4.26. The van der Waals surface area contributed by atoms with Crippen molar-refractivity contribution in [1.29, 1.82) is 0 Å². The van der Waals surface area contributed by atoms with Gasteiger partial charge in [0, 0.05) is 18.6 Å². The summed E-state index contributed by atoms with van der Waals surface area (Å²) in [6.07, 6.45) is 6.82. The average Bonchev–Trinajstić information content (AvgIpc) is 2.18. The molecule has 1 saturated heterocycles. The molecule has 0 spiro atoms. The first kappa shape index (κ1) is 11.0. The molecule has 1 aliphatic rings. The normalized spacial score (nSPS) is 27.5. The molecule has 2 heteroatoms. The first-order chi connectivity index (χ1) is 6.29. The van der Waals surface area contributed by atoms with Gasteiger partial charge in [-0.1, -0.05) is 19.8 Å². The zero-order valence-electron chi connectivity index (χ0n) is 9.13. The van der Waals surface area contributed by atoms with Crippen molar-refractivity contribution < 1.29 is 0 Å². The van der Waals surface area contributed by atoms with E-state index in [1.54, 1.807) is 0 Å². The third-order valence-electron chi connectivity index (χ3n) is 3.20. The van der Waals surface area contributed by atoms with Gasteiger partial charge in [-0.05, 0) is 32.7 Å². The zero-order chi connectivity index (χ0) is 9.68. The molecule has 13 heavy (non-hydrogen) atoms. The van der Waals surface area contributed by atoms with Crippen LogP contribution in [0.25, 0.3) is 0 Å². The minimum atomic E-state index is 0.580. The molecular weight excluding hydrogens is 160 g/mol. The molecule has 78 valence electrons. The van der Waals surface area contributed by atoms with Gasteiger partial charge in [0.05, 0.1) is 0 Å². The third kappa shape index (κ3) is 2.96. The van der Waals surface area contributed by atoms with Crippen molar-refractivity contribution in [2.75, 3.05) is 13.1 Å². The summed E-state index contributed by atoms with van der Waals surface area (Å²) in [7, 11) is 0. The van der Waals surface area contributed by atoms with Crippen molar-refractivity contribution >= 4 is 0 Å². The highest BCUT2D eigenvalue weighted by Crippen LogP contribution is 2.22. The van der Waals surface area contributed by atoms with E-state index in [-0.39, 0.29) is 0 Å². The Morgan fingerprint density at radius 1 is 1.46 bits per heavy atom. The van der Waals surface area contributed by atoms with E-state index in [1.165, 1.54) is 38.6 Å². The summed E-state index contributed by atoms with van der Waals surface area (Å²) in [6.45, 7) is 6.61. The molecule has 0 amide bonds. The number of rotatable bonds is 4.